The van der Waals surface area contributed by atoms with Crippen molar-refractivity contribution < 1.29 is 9.47 Å². The Labute approximate surface area is 91.7 Å². The molecule has 1 unspecified atom stereocenters. The van der Waals surface area contributed by atoms with Gasteiger partial charge in [-0.15, -0.1) is 0 Å². The Morgan fingerprint density at radius 3 is 2.21 bits per heavy atom. The molecule has 2 N–H and O–H groups in total. The summed E-state index contributed by atoms with van der Waals surface area (Å²) in [7, 11) is 0. The summed E-state index contributed by atoms with van der Waals surface area (Å²) in [5.41, 5.74) is 5.48. The molecular formula is C10H23NO2S. The molecule has 0 aromatic rings. The Hall–Kier alpha value is 0.230. The van der Waals surface area contributed by atoms with Crippen molar-refractivity contribution in [2.75, 3.05) is 25.5 Å². The lowest BCUT2D eigenvalue weighted by molar-refractivity contribution is -0.120. The second-order valence-corrected chi connectivity index (χ2v) is 4.53. The van der Waals surface area contributed by atoms with Crippen LogP contribution in [0.3, 0.4) is 0 Å². The van der Waals surface area contributed by atoms with Crippen LogP contribution in [-0.2, 0) is 9.47 Å². The molecule has 0 bridgehead atoms. The van der Waals surface area contributed by atoms with E-state index >= 15 is 0 Å². The Morgan fingerprint density at radius 2 is 1.79 bits per heavy atom. The summed E-state index contributed by atoms with van der Waals surface area (Å²) in [4.78, 5) is 0. The van der Waals surface area contributed by atoms with Crippen LogP contribution in [0.1, 0.15) is 27.2 Å². The Morgan fingerprint density at radius 1 is 1.21 bits per heavy atom. The van der Waals surface area contributed by atoms with E-state index in [-0.39, 0.29) is 6.29 Å². The largest absolute Gasteiger partial charge is 0.352 e. The normalized spacial score (nSPS) is 13.5. The van der Waals surface area contributed by atoms with Gasteiger partial charge in [0.05, 0.1) is 0 Å². The predicted molar refractivity (Wildman–Crippen MR) is 62.6 cm³/mol. The summed E-state index contributed by atoms with van der Waals surface area (Å²) >= 11 is 1.86. The van der Waals surface area contributed by atoms with Crippen LogP contribution < -0.4 is 5.73 Å². The molecule has 0 fully saturated rings. The molecular weight excluding hydrogens is 198 g/mol. The van der Waals surface area contributed by atoms with E-state index < -0.39 is 0 Å². The maximum atomic E-state index is 5.48. The molecule has 0 saturated heterocycles. The van der Waals surface area contributed by atoms with Gasteiger partial charge >= 0.3 is 0 Å². The number of rotatable bonds is 9. The molecule has 0 aliphatic carbocycles. The average Bonchev–Trinajstić information content (AvgIpc) is 2.15. The highest BCUT2D eigenvalue weighted by Crippen LogP contribution is 2.16. The van der Waals surface area contributed by atoms with Gasteiger partial charge in [-0.3, -0.25) is 0 Å². The molecule has 0 aromatic carbocycles. The number of nitrogens with two attached hydrogens (primary N) is 1. The van der Waals surface area contributed by atoms with Gasteiger partial charge in [-0.05, 0) is 26.8 Å². The monoisotopic (exact) mass is 221 g/mol. The van der Waals surface area contributed by atoms with Crippen molar-refractivity contribution in [3.63, 3.8) is 0 Å². The molecule has 0 rings (SSSR count). The topological polar surface area (TPSA) is 44.5 Å². The van der Waals surface area contributed by atoms with Gasteiger partial charge in [0.25, 0.3) is 0 Å². The molecule has 86 valence electrons. The highest BCUT2D eigenvalue weighted by Gasteiger charge is 2.10. The van der Waals surface area contributed by atoms with Gasteiger partial charge in [-0.2, -0.15) is 11.8 Å². The standard InChI is InChI=1S/C10H23NO2S/c1-4-12-10(13-5-2)8-14-9(3)6-7-11/h9-10H,4-8,11H2,1-3H3. The minimum absolute atomic E-state index is 0.0600. The summed E-state index contributed by atoms with van der Waals surface area (Å²) in [6, 6.07) is 0. The van der Waals surface area contributed by atoms with Crippen molar-refractivity contribution in [2.45, 2.75) is 38.7 Å². The van der Waals surface area contributed by atoms with Gasteiger partial charge in [-0.25, -0.2) is 0 Å². The van der Waals surface area contributed by atoms with E-state index in [9.17, 15) is 0 Å². The molecule has 4 heteroatoms. The molecule has 14 heavy (non-hydrogen) atoms. The fraction of sp³-hybridized carbons (Fsp3) is 1.00. The lowest BCUT2D eigenvalue weighted by Gasteiger charge is -2.18. The van der Waals surface area contributed by atoms with Crippen molar-refractivity contribution in [2.24, 2.45) is 5.73 Å². The summed E-state index contributed by atoms with van der Waals surface area (Å²) < 4.78 is 10.9. The number of ether oxygens (including phenoxy) is 2. The van der Waals surface area contributed by atoms with E-state index in [1.807, 2.05) is 25.6 Å². The quantitative estimate of drug-likeness (QED) is 0.604. The third kappa shape index (κ3) is 7.62. The minimum atomic E-state index is -0.0600. The lowest BCUT2D eigenvalue weighted by atomic mass is 10.3. The van der Waals surface area contributed by atoms with Crippen LogP contribution in [0.4, 0.5) is 0 Å². The molecule has 0 amide bonds. The maximum absolute atomic E-state index is 5.48. The van der Waals surface area contributed by atoms with Crippen molar-refractivity contribution in [3.8, 4) is 0 Å². The summed E-state index contributed by atoms with van der Waals surface area (Å²) in [6.07, 6.45) is 0.991. The van der Waals surface area contributed by atoms with Crippen LogP contribution in [0, 0.1) is 0 Å². The zero-order valence-electron chi connectivity index (χ0n) is 9.49. The third-order valence-corrected chi connectivity index (χ3v) is 3.06. The zero-order chi connectivity index (χ0) is 10.8. The molecule has 3 nitrogen and oxygen atoms in total. The molecule has 0 saturated carbocycles. The SMILES string of the molecule is CCOC(CSC(C)CCN)OCC. The first-order chi connectivity index (χ1) is 6.74. The second kappa shape index (κ2) is 9.77. The van der Waals surface area contributed by atoms with Gasteiger partial charge in [-0.1, -0.05) is 6.92 Å². The molecule has 1 atom stereocenters. The molecule has 0 aliphatic heterocycles. The van der Waals surface area contributed by atoms with Crippen LogP contribution in [0.15, 0.2) is 0 Å². The summed E-state index contributed by atoms with van der Waals surface area (Å²) in [6.45, 7) is 8.32. The predicted octanol–water partition coefficient (Wildman–Crippen LogP) is 1.86. The molecule has 0 heterocycles. The van der Waals surface area contributed by atoms with Gasteiger partial charge in [0.15, 0.2) is 6.29 Å². The van der Waals surface area contributed by atoms with E-state index in [4.69, 9.17) is 15.2 Å². The first kappa shape index (κ1) is 14.2. The minimum Gasteiger partial charge on any atom is -0.352 e. The molecule has 0 spiro atoms. The first-order valence-electron chi connectivity index (χ1n) is 5.29. The van der Waals surface area contributed by atoms with Gasteiger partial charge in [0.2, 0.25) is 0 Å². The van der Waals surface area contributed by atoms with Gasteiger partial charge < -0.3 is 15.2 Å². The van der Waals surface area contributed by atoms with Crippen molar-refractivity contribution in [3.05, 3.63) is 0 Å². The Kier molecular flexibility index (Phi) is 9.93. The zero-order valence-corrected chi connectivity index (χ0v) is 10.3. The Bertz CT molecular complexity index is 119. The van der Waals surface area contributed by atoms with Crippen molar-refractivity contribution in [1.82, 2.24) is 0 Å². The Balaban J connectivity index is 3.57. The van der Waals surface area contributed by atoms with Crippen LogP contribution in [0.2, 0.25) is 0 Å². The van der Waals surface area contributed by atoms with Crippen molar-refractivity contribution in [1.29, 1.82) is 0 Å². The van der Waals surface area contributed by atoms with Crippen LogP contribution in [0.5, 0.6) is 0 Å². The van der Waals surface area contributed by atoms with Gasteiger partial charge in [0.1, 0.15) is 0 Å². The average molecular weight is 221 g/mol. The fourth-order valence-electron chi connectivity index (χ4n) is 1.08. The number of thioether (sulfide) groups is 1. The van der Waals surface area contributed by atoms with E-state index in [1.165, 1.54) is 0 Å². The van der Waals surface area contributed by atoms with Crippen LogP contribution in [0.25, 0.3) is 0 Å². The van der Waals surface area contributed by atoms with Gasteiger partial charge in [0, 0.05) is 24.2 Å². The highest BCUT2D eigenvalue weighted by atomic mass is 32.2. The van der Waals surface area contributed by atoms with Crippen LogP contribution in [-0.4, -0.2) is 37.1 Å². The number of hydrogen-bond acceptors (Lipinski definition) is 4. The maximum Gasteiger partial charge on any atom is 0.166 e. The fourth-order valence-corrected chi connectivity index (χ4v) is 2.06. The summed E-state index contributed by atoms with van der Waals surface area (Å²) in [5, 5.41) is 0.586. The first-order valence-corrected chi connectivity index (χ1v) is 6.34. The van der Waals surface area contributed by atoms with E-state index in [2.05, 4.69) is 6.92 Å². The molecule has 0 aliphatic rings. The van der Waals surface area contributed by atoms with Crippen LogP contribution >= 0.6 is 11.8 Å². The highest BCUT2D eigenvalue weighted by molar-refractivity contribution is 7.99. The molecule has 0 aromatic heterocycles. The lowest BCUT2D eigenvalue weighted by Crippen LogP contribution is -2.21. The van der Waals surface area contributed by atoms with E-state index in [0.717, 1.165) is 18.7 Å². The second-order valence-electron chi connectivity index (χ2n) is 3.06. The smallest absolute Gasteiger partial charge is 0.166 e. The molecule has 0 radical (unpaired) electrons. The summed E-state index contributed by atoms with van der Waals surface area (Å²) in [5.74, 6) is 0.892. The number of hydrogen-bond donors (Lipinski definition) is 1. The van der Waals surface area contributed by atoms with E-state index in [0.29, 0.717) is 18.5 Å². The van der Waals surface area contributed by atoms with E-state index in [1.54, 1.807) is 0 Å². The third-order valence-electron chi connectivity index (χ3n) is 1.80. The van der Waals surface area contributed by atoms with Crippen molar-refractivity contribution >= 4 is 11.8 Å².